The molecule has 2 aromatic carbocycles. The molecule has 0 amide bonds. The number of carbonyl (C=O) groups is 2. The number of benzene rings is 2. The maximum absolute atomic E-state index is 12.7. The molecule has 0 saturated heterocycles. The van der Waals surface area contributed by atoms with Gasteiger partial charge in [-0.05, 0) is 31.2 Å². The van der Waals surface area contributed by atoms with Crippen LogP contribution in [0.5, 0.6) is 0 Å². The molecule has 0 unspecified atom stereocenters. The monoisotopic (exact) mass is 472 g/mol. The minimum absolute atomic E-state index is 0.00595. The molecule has 0 saturated carbocycles. The van der Waals surface area contributed by atoms with Crippen molar-refractivity contribution in [3.8, 4) is 0 Å². The lowest BCUT2D eigenvalue weighted by molar-refractivity contribution is -0.138. The van der Waals surface area contributed by atoms with Gasteiger partial charge in [-0.15, -0.1) is 0 Å². The van der Waals surface area contributed by atoms with Crippen LogP contribution in [-0.2, 0) is 29.1 Å². The topological polar surface area (TPSA) is 111 Å². The number of sulfonamides is 1. The van der Waals surface area contributed by atoms with Crippen molar-refractivity contribution in [3.05, 3.63) is 63.8 Å². The molecular formula is C19H18Cl2N2O6S. The van der Waals surface area contributed by atoms with Crippen molar-refractivity contribution in [2.75, 3.05) is 24.3 Å². The van der Waals surface area contributed by atoms with Crippen molar-refractivity contribution in [1.82, 2.24) is 0 Å². The zero-order valence-electron chi connectivity index (χ0n) is 16.2. The molecule has 2 N–H and O–H groups in total. The summed E-state index contributed by atoms with van der Waals surface area (Å²) in [7, 11) is -1.68. The fourth-order valence-corrected chi connectivity index (χ4v) is 3.83. The van der Waals surface area contributed by atoms with E-state index in [-0.39, 0.29) is 32.0 Å². The van der Waals surface area contributed by atoms with Crippen LogP contribution < -0.4 is 10.0 Å². The lowest BCUT2D eigenvalue weighted by Gasteiger charge is -2.15. The van der Waals surface area contributed by atoms with Crippen LogP contribution >= 0.6 is 23.2 Å². The smallest absolute Gasteiger partial charge is 0.354 e. The molecule has 0 spiro atoms. The van der Waals surface area contributed by atoms with E-state index in [4.69, 9.17) is 23.2 Å². The first kappa shape index (κ1) is 23.5. The summed E-state index contributed by atoms with van der Waals surface area (Å²) in [6, 6.07) is 8.79. The number of carbonyl (C=O) groups excluding carboxylic acids is 2. The zero-order valence-corrected chi connectivity index (χ0v) is 18.5. The average molecular weight is 473 g/mol. The normalized spacial score (nSPS) is 11.6. The number of anilines is 2. The van der Waals surface area contributed by atoms with Crippen molar-refractivity contribution in [1.29, 1.82) is 0 Å². The Balaban J connectivity index is 2.41. The van der Waals surface area contributed by atoms with Gasteiger partial charge in [-0.1, -0.05) is 40.9 Å². The van der Waals surface area contributed by atoms with Gasteiger partial charge in [0.05, 0.1) is 46.6 Å². The molecule has 0 radical (unpaired) electrons. The van der Waals surface area contributed by atoms with E-state index in [0.717, 1.165) is 25.9 Å². The number of hydrogen-bond acceptors (Lipinski definition) is 7. The lowest BCUT2D eigenvalue weighted by atomic mass is 10.2. The van der Waals surface area contributed by atoms with Gasteiger partial charge in [0.1, 0.15) is 5.70 Å². The predicted molar refractivity (Wildman–Crippen MR) is 114 cm³/mol. The van der Waals surface area contributed by atoms with E-state index in [0.29, 0.717) is 0 Å². The van der Waals surface area contributed by atoms with Crippen LogP contribution in [0.25, 0.3) is 0 Å². The van der Waals surface area contributed by atoms with E-state index in [1.54, 1.807) is 12.1 Å². The van der Waals surface area contributed by atoms with Gasteiger partial charge in [-0.3, -0.25) is 4.72 Å². The maximum Gasteiger partial charge on any atom is 0.354 e. The van der Waals surface area contributed by atoms with Crippen LogP contribution in [0.4, 0.5) is 11.4 Å². The quantitative estimate of drug-likeness (QED) is 0.466. The molecule has 0 aliphatic heterocycles. The summed E-state index contributed by atoms with van der Waals surface area (Å²) < 4.78 is 36.8. The van der Waals surface area contributed by atoms with E-state index in [2.05, 4.69) is 19.5 Å². The van der Waals surface area contributed by atoms with Crippen LogP contribution in [-0.4, -0.2) is 34.6 Å². The summed E-state index contributed by atoms with van der Waals surface area (Å²) in [4.78, 5) is 23.5. The Labute approximate surface area is 183 Å². The first-order chi connectivity index (χ1) is 14.1. The average Bonchev–Trinajstić information content (AvgIpc) is 2.70. The molecule has 0 aliphatic rings. The van der Waals surface area contributed by atoms with Gasteiger partial charge in [0, 0.05) is 0 Å². The molecule has 8 nitrogen and oxygen atoms in total. The minimum Gasteiger partial charge on any atom is -0.466 e. The predicted octanol–water partition coefficient (Wildman–Crippen LogP) is 3.74. The van der Waals surface area contributed by atoms with Crippen LogP contribution in [0, 0.1) is 6.92 Å². The second-order valence-electron chi connectivity index (χ2n) is 5.93. The molecule has 2 aromatic rings. The second-order valence-corrected chi connectivity index (χ2v) is 8.43. The Morgan fingerprint density at radius 1 is 0.967 bits per heavy atom. The highest BCUT2D eigenvalue weighted by Crippen LogP contribution is 2.34. The van der Waals surface area contributed by atoms with Gasteiger partial charge in [0.15, 0.2) is 0 Å². The van der Waals surface area contributed by atoms with E-state index in [9.17, 15) is 18.0 Å². The second kappa shape index (κ2) is 9.84. The molecule has 30 heavy (non-hydrogen) atoms. The molecule has 160 valence electrons. The van der Waals surface area contributed by atoms with Crippen molar-refractivity contribution in [2.24, 2.45) is 0 Å². The summed E-state index contributed by atoms with van der Waals surface area (Å²) in [5, 5.41) is 2.72. The standard InChI is InChI=1S/C19H18Cl2N2O6S/c1-11-4-6-12(7-5-11)30(26,27)23-16-9-15(13(20)8-14(16)21)22-17(19(25)29-3)10-18(24)28-2/h4-10,22-23H,1-3H3/b17-10+. The Kier molecular flexibility index (Phi) is 7.71. The number of ether oxygens (including phenoxy) is 2. The fraction of sp³-hybridized carbons (Fsp3) is 0.158. The molecule has 2 rings (SSSR count). The summed E-state index contributed by atoms with van der Waals surface area (Å²) in [6.45, 7) is 1.83. The third kappa shape index (κ3) is 5.88. The van der Waals surface area contributed by atoms with Crippen LogP contribution in [0.2, 0.25) is 10.0 Å². The minimum atomic E-state index is -3.94. The molecule has 11 heteroatoms. The molecular weight excluding hydrogens is 455 g/mol. The van der Waals surface area contributed by atoms with E-state index >= 15 is 0 Å². The lowest BCUT2D eigenvalue weighted by Crippen LogP contribution is -2.16. The Bertz CT molecular complexity index is 1100. The molecule has 0 atom stereocenters. The number of nitrogens with one attached hydrogen (secondary N) is 2. The fourth-order valence-electron chi connectivity index (χ4n) is 2.22. The van der Waals surface area contributed by atoms with Crippen LogP contribution in [0.1, 0.15) is 5.56 Å². The highest BCUT2D eigenvalue weighted by Gasteiger charge is 2.19. The molecule has 0 aromatic heterocycles. The molecule has 0 heterocycles. The van der Waals surface area contributed by atoms with Gasteiger partial charge >= 0.3 is 11.9 Å². The van der Waals surface area contributed by atoms with Crippen molar-refractivity contribution in [2.45, 2.75) is 11.8 Å². The largest absolute Gasteiger partial charge is 0.466 e. The number of hydrogen-bond donors (Lipinski definition) is 2. The highest BCUT2D eigenvalue weighted by atomic mass is 35.5. The van der Waals surface area contributed by atoms with Crippen LogP contribution in [0.3, 0.4) is 0 Å². The van der Waals surface area contributed by atoms with Crippen molar-refractivity contribution in [3.63, 3.8) is 0 Å². The summed E-state index contributed by atoms with van der Waals surface area (Å²) in [5.74, 6) is -1.68. The van der Waals surface area contributed by atoms with Gasteiger partial charge in [0.2, 0.25) is 0 Å². The number of rotatable bonds is 7. The van der Waals surface area contributed by atoms with Crippen molar-refractivity contribution < 1.29 is 27.5 Å². The summed E-state index contributed by atoms with van der Waals surface area (Å²) >= 11 is 12.3. The first-order valence-corrected chi connectivity index (χ1v) is 10.5. The van der Waals surface area contributed by atoms with E-state index in [1.165, 1.54) is 24.3 Å². The summed E-state index contributed by atoms with van der Waals surface area (Å²) in [6.07, 6.45) is 0.868. The number of methoxy groups -OCH3 is 2. The molecule has 0 bridgehead atoms. The number of esters is 2. The number of halogens is 2. The third-order valence-corrected chi connectivity index (χ3v) is 5.78. The van der Waals surface area contributed by atoms with Gasteiger partial charge in [0.25, 0.3) is 10.0 Å². The first-order valence-electron chi connectivity index (χ1n) is 8.31. The van der Waals surface area contributed by atoms with Crippen LogP contribution in [0.15, 0.2) is 53.1 Å². The highest BCUT2D eigenvalue weighted by molar-refractivity contribution is 7.92. The van der Waals surface area contributed by atoms with E-state index in [1.807, 2.05) is 6.92 Å². The number of aryl methyl sites for hydroxylation is 1. The SMILES string of the molecule is COC(=O)/C=C(/Nc1cc(NS(=O)(=O)c2ccc(C)cc2)c(Cl)cc1Cl)C(=O)OC. The Morgan fingerprint density at radius 2 is 1.57 bits per heavy atom. The maximum atomic E-state index is 12.7. The van der Waals surface area contributed by atoms with E-state index < -0.39 is 22.0 Å². The zero-order chi connectivity index (χ0) is 22.5. The van der Waals surface area contributed by atoms with Crippen molar-refractivity contribution >= 4 is 56.5 Å². The van der Waals surface area contributed by atoms with Gasteiger partial charge < -0.3 is 14.8 Å². The Hall–Kier alpha value is -2.75. The Morgan fingerprint density at radius 3 is 2.13 bits per heavy atom. The van der Waals surface area contributed by atoms with Gasteiger partial charge in [-0.25, -0.2) is 18.0 Å². The van der Waals surface area contributed by atoms with Gasteiger partial charge in [-0.2, -0.15) is 0 Å². The molecule has 0 aliphatic carbocycles. The third-order valence-electron chi connectivity index (χ3n) is 3.77. The molecule has 0 fully saturated rings. The summed E-state index contributed by atoms with van der Waals surface area (Å²) in [5.41, 5.74) is 0.730.